The summed E-state index contributed by atoms with van der Waals surface area (Å²) in [5.41, 5.74) is 2.70. The van der Waals surface area contributed by atoms with E-state index in [0.29, 0.717) is 0 Å². The Morgan fingerprint density at radius 2 is 1.94 bits per heavy atom. The van der Waals surface area contributed by atoms with E-state index in [-0.39, 0.29) is 0 Å². The van der Waals surface area contributed by atoms with Crippen molar-refractivity contribution in [1.82, 2.24) is 0 Å². The molecule has 0 atom stereocenters. The van der Waals surface area contributed by atoms with Gasteiger partial charge in [0, 0.05) is 24.8 Å². The second kappa shape index (κ2) is 5.24. The topological polar surface area (TPSA) is 12.5 Å². The molecule has 1 saturated heterocycles. The SMILES string of the molecule is CCOc1ccc(C)c(N2CCCCC2)c1. The highest BCUT2D eigenvalue weighted by Crippen LogP contribution is 2.27. The van der Waals surface area contributed by atoms with E-state index < -0.39 is 0 Å². The summed E-state index contributed by atoms with van der Waals surface area (Å²) in [4.78, 5) is 2.49. The first-order chi connectivity index (χ1) is 7.81. The van der Waals surface area contributed by atoms with Crippen molar-refractivity contribution in [3.8, 4) is 5.75 Å². The fraction of sp³-hybridized carbons (Fsp3) is 0.571. The maximum Gasteiger partial charge on any atom is 0.121 e. The average Bonchev–Trinajstić information content (AvgIpc) is 2.33. The molecule has 0 unspecified atom stereocenters. The van der Waals surface area contributed by atoms with Gasteiger partial charge in [-0.1, -0.05) is 6.07 Å². The smallest absolute Gasteiger partial charge is 0.121 e. The lowest BCUT2D eigenvalue weighted by Gasteiger charge is -2.30. The Morgan fingerprint density at radius 1 is 1.19 bits per heavy atom. The second-order valence-corrected chi connectivity index (χ2v) is 4.43. The zero-order valence-electron chi connectivity index (χ0n) is 10.3. The highest BCUT2D eigenvalue weighted by atomic mass is 16.5. The van der Waals surface area contributed by atoms with Gasteiger partial charge in [0.25, 0.3) is 0 Å². The molecule has 1 aliphatic heterocycles. The second-order valence-electron chi connectivity index (χ2n) is 4.43. The van der Waals surface area contributed by atoms with Crippen LogP contribution in [-0.4, -0.2) is 19.7 Å². The molecule has 1 fully saturated rings. The van der Waals surface area contributed by atoms with Crippen molar-refractivity contribution in [1.29, 1.82) is 0 Å². The van der Waals surface area contributed by atoms with Crippen molar-refractivity contribution >= 4 is 5.69 Å². The number of aryl methyl sites for hydroxylation is 1. The van der Waals surface area contributed by atoms with Crippen LogP contribution in [0.5, 0.6) is 5.75 Å². The first-order valence-electron chi connectivity index (χ1n) is 6.29. The Hall–Kier alpha value is -1.18. The molecule has 0 radical (unpaired) electrons. The lowest BCUT2D eigenvalue weighted by Crippen LogP contribution is -2.29. The lowest BCUT2D eigenvalue weighted by atomic mass is 10.1. The summed E-state index contributed by atoms with van der Waals surface area (Å²) in [6.45, 7) is 7.33. The van der Waals surface area contributed by atoms with Gasteiger partial charge in [-0.15, -0.1) is 0 Å². The van der Waals surface area contributed by atoms with Crippen molar-refractivity contribution in [3.63, 3.8) is 0 Å². The predicted octanol–water partition coefficient (Wildman–Crippen LogP) is 3.38. The Kier molecular flexibility index (Phi) is 3.70. The standard InChI is InChI=1S/C14H21NO/c1-3-16-13-8-7-12(2)14(11-13)15-9-5-4-6-10-15/h7-8,11H,3-6,9-10H2,1-2H3. The van der Waals surface area contributed by atoms with E-state index in [4.69, 9.17) is 4.74 Å². The van der Waals surface area contributed by atoms with Crippen molar-refractivity contribution in [2.75, 3.05) is 24.6 Å². The largest absolute Gasteiger partial charge is 0.494 e. The summed E-state index contributed by atoms with van der Waals surface area (Å²) in [7, 11) is 0. The van der Waals surface area contributed by atoms with E-state index in [1.807, 2.05) is 6.92 Å². The molecule has 2 nitrogen and oxygen atoms in total. The van der Waals surface area contributed by atoms with Crippen LogP contribution in [-0.2, 0) is 0 Å². The van der Waals surface area contributed by atoms with Crippen LogP contribution in [0.4, 0.5) is 5.69 Å². The van der Waals surface area contributed by atoms with Crippen molar-refractivity contribution in [2.24, 2.45) is 0 Å². The molecular formula is C14H21NO. The van der Waals surface area contributed by atoms with Gasteiger partial charge >= 0.3 is 0 Å². The quantitative estimate of drug-likeness (QED) is 0.772. The van der Waals surface area contributed by atoms with Gasteiger partial charge in [0.05, 0.1) is 6.61 Å². The Morgan fingerprint density at radius 3 is 2.62 bits per heavy atom. The van der Waals surface area contributed by atoms with E-state index in [0.717, 1.165) is 12.4 Å². The zero-order chi connectivity index (χ0) is 11.4. The molecule has 1 aliphatic rings. The third kappa shape index (κ3) is 2.49. The summed E-state index contributed by atoms with van der Waals surface area (Å²) in [5, 5.41) is 0. The maximum atomic E-state index is 5.57. The van der Waals surface area contributed by atoms with Gasteiger partial charge in [0.1, 0.15) is 5.75 Å². The number of nitrogens with zero attached hydrogens (tertiary/aromatic N) is 1. The van der Waals surface area contributed by atoms with Gasteiger partial charge in [-0.2, -0.15) is 0 Å². The lowest BCUT2D eigenvalue weighted by molar-refractivity contribution is 0.340. The van der Waals surface area contributed by atoms with Crippen LogP contribution in [0.15, 0.2) is 18.2 Å². The molecule has 0 aliphatic carbocycles. The first kappa shape index (κ1) is 11.3. The molecule has 0 aromatic heterocycles. The molecule has 0 N–H and O–H groups in total. The van der Waals surface area contributed by atoms with Gasteiger partial charge in [0.2, 0.25) is 0 Å². The molecule has 1 aromatic rings. The molecule has 16 heavy (non-hydrogen) atoms. The number of ether oxygens (including phenoxy) is 1. The van der Waals surface area contributed by atoms with Crippen LogP contribution in [0.2, 0.25) is 0 Å². The summed E-state index contributed by atoms with van der Waals surface area (Å²) >= 11 is 0. The molecule has 1 aromatic carbocycles. The third-order valence-electron chi connectivity index (χ3n) is 3.19. The zero-order valence-corrected chi connectivity index (χ0v) is 10.3. The van der Waals surface area contributed by atoms with Crippen LogP contribution < -0.4 is 9.64 Å². The van der Waals surface area contributed by atoms with Crippen molar-refractivity contribution in [3.05, 3.63) is 23.8 Å². The summed E-state index contributed by atoms with van der Waals surface area (Å²) < 4.78 is 5.57. The van der Waals surface area contributed by atoms with E-state index in [2.05, 4.69) is 30.0 Å². The minimum Gasteiger partial charge on any atom is -0.494 e. The van der Waals surface area contributed by atoms with Crippen LogP contribution in [0.25, 0.3) is 0 Å². The number of hydrogen-bond acceptors (Lipinski definition) is 2. The Balaban J connectivity index is 2.19. The molecule has 88 valence electrons. The fourth-order valence-corrected chi connectivity index (χ4v) is 2.32. The summed E-state index contributed by atoms with van der Waals surface area (Å²) in [6, 6.07) is 6.41. The number of rotatable bonds is 3. The van der Waals surface area contributed by atoms with E-state index >= 15 is 0 Å². The van der Waals surface area contributed by atoms with Crippen molar-refractivity contribution < 1.29 is 4.74 Å². The maximum absolute atomic E-state index is 5.57. The molecular weight excluding hydrogens is 198 g/mol. The molecule has 0 saturated carbocycles. The molecule has 1 heterocycles. The third-order valence-corrected chi connectivity index (χ3v) is 3.19. The normalized spacial score (nSPS) is 16.2. The molecule has 0 amide bonds. The monoisotopic (exact) mass is 219 g/mol. The summed E-state index contributed by atoms with van der Waals surface area (Å²) in [5.74, 6) is 0.994. The summed E-state index contributed by atoms with van der Waals surface area (Å²) in [6.07, 6.45) is 4.01. The minimum absolute atomic E-state index is 0.739. The van der Waals surface area contributed by atoms with Crippen LogP contribution in [0.1, 0.15) is 31.7 Å². The van der Waals surface area contributed by atoms with E-state index in [9.17, 15) is 0 Å². The van der Waals surface area contributed by atoms with Gasteiger partial charge in [-0.3, -0.25) is 0 Å². The van der Waals surface area contributed by atoms with E-state index in [1.54, 1.807) is 0 Å². The first-order valence-corrected chi connectivity index (χ1v) is 6.29. The van der Waals surface area contributed by atoms with Gasteiger partial charge in [0.15, 0.2) is 0 Å². The number of hydrogen-bond donors (Lipinski definition) is 0. The minimum atomic E-state index is 0.739. The predicted molar refractivity (Wildman–Crippen MR) is 68.4 cm³/mol. The fourth-order valence-electron chi connectivity index (χ4n) is 2.32. The highest BCUT2D eigenvalue weighted by Gasteiger charge is 2.13. The average molecular weight is 219 g/mol. The number of benzene rings is 1. The molecule has 2 rings (SSSR count). The van der Waals surface area contributed by atoms with Crippen LogP contribution in [0.3, 0.4) is 0 Å². The Labute approximate surface area is 98.2 Å². The molecule has 0 spiro atoms. The van der Waals surface area contributed by atoms with E-state index in [1.165, 1.54) is 43.6 Å². The molecule has 0 bridgehead atoms. The van der Waals surface area contributed by atoms with Crippen LogP contribution >= 0.6 is 0 Å². The number of anilines is 1. The Bertz CT molecular complexity index is 343. The van der Waals surface area contributed by atoms with Gasteiger partial charge in [-0.25, -0.2) is 0 Å². The number of piperidine rings is 1. The van der Waals surface area contributed by atoms with Gasteiger partial charge < -0.3 is 9.64 Å². The highest BCUT2D eigenvalue weighted by molar-refractivity contribution is 5.57. The molecule has 2 heteroatoms. The van der Waals surface area contributed by atoms with Gasteiger partial charge in [-0.05, 0) is 44.7 Å². The van der Waals surface area contributed by atoms with Crippen LogP contribution in [0, 0.1) is 6.92 Å². The van der Waals surface area contributed by atoms with Crippen molar-refractivity contribution in [2.45, 2.75) is 33.1 Å².